The standard InChI is InChI=1S/2C23H19ClN2O5S/c2*24-18-14-25-9-8-17(18)23(22-12-15-4-1-2-5-19(15)31-22)26-32(27,28)16-6-7-20-21(13-16)30-11-3-10-29-20/h2*1-2,4-9,12-14,23,26H,3,10-11H2/t2*23-/m10/s1. The molecule has 6 heterocycles. The molecule has 0 amide bonds. The third-order valence-corrected chi connectivity index (χ3v) is 13.8. The van der Waals surface area contributed by atoms with E-state index >= 15 is 0 Å². The van der Waals surface area contributed by atoms with Crippen LogP contribution in [0.15, 0.2) is 153 Å². The highest BCUT2D eigenvalue weighted by molar-refractivity contribution is 7.89. The number of halogens is 2. The largest absolute Gasteiger partial charge is 0.490 e. The highest BCUT2D eigenvalue weighted by Crippen LogP contribution is 2.38. The van der Waals surface area contributed by atoms with Gasteiger partial charge >= 0.3 is 0 Å². The molecule has 0 saturated carbocycles. The van der Waals surface area contributed by atoms with Gasteiger partial charge in [-0.15, -0.1) is 0 Å². The topological polar surface area (TPSA) is 181 Å². The fourth-order valence-electron chi connectivity index (χ4n) is 7.15. The zero-order chi connectivity index (χ0) is 44.3. The molecular weight excluding hydrogens is 904 g/mol. The van der Waals surface area contributed by atoms with Gasteiger partial charge in [0.1, 0.15) is 34.8 Å². The van der Waals surface area contributed by atoms with Gasteiger partial charge in [0.05, 0.1) is 46.3 Å². The van der Waals surface area contributed by atoms with Crippen molar-refractivity contribution in [1.29, 1.82) is 0 Å². The van der Waals surface area contributed by atoms with Crippen molar-refractivity contribution in [3.05, 3.63) is 167 Å². The van der Waals surface area contributed by atoms with Crippen LogP contribution in [0.25, 0.3) is 21.9 Å². The predicted molar refractivity (Wildman–Crippen MR) is 239 cm³/mol. The first-order valence-corrected chi connectivity index (χ1v) is 23.7. The zero-order valence-corrected chi connectivity index (χ0v) is 36.8. The Kier molecular flexibility index (Phi) is 12.5. The molecule has 18 heteroatoms. The number of hydrogen-bond donors (Lipinski definition) is 2. The number of nitrogens with one attached hydrogen (secondary N) is 2. The fraction of sp³-hybridized carbons (Fsp3) is 0.174. The van der Waals surface area contributed by atoms with E-state index in [0.29, 0.717) is 93.3 Å². The number of hydrogen-bond acceptors (Lipinski definition) is 12. The molecule has 2 aliphatic rings. The maximum absolute atomic E-state index is 13.4. The summed E-state index contributed by atoms with van der Waals surface area (Å²) < 4.78 is 93.5. The van der Waals surface area contributed by atoms with Crippen LogP contribution in [0, 0.1) is 0 Å². The molecule has 10 rings (SSSR count). The lowest BCUT2D eigenvalue weighted by molar-refractivity contribution is 0.296. The van der Waals surface area contributed by atoms with Crippen molar-refractivity contribution in [1.82, 2.24) is 19.4 Å². The minimum atomic E-state index is -3.98. The van der Waals surface area contributed by atoms with Crippen molar-refractivity contribution in [3.8, 4) is 23.0 Å². The number of benzene rings is 4. The Hall–Kier alpha value is -6.14. The Morgan fingerprint density at radius 2 is 0.906 bits per heavy atom. The molecule has 8 aromatic rings. The Morgan fingerprint density at radius 3 is 1.31 bits per heavy atom. The van der Waals surface area contributed by atoms with Crippen molar-refractivity contribution < 1.29 is 44.6 Å². The summed E-state index contributed by atoms with van der Waals surface area (Å²) in [6.07, 6.45) is 7.49. The third kappa shape index (κ3) is 9.38. The molecule has 0 unspecified atom stereocenters. The van der Waals surface area contributed by atoms with Crippen LogP contribution in [0.1, 0.15) is 47.6 Å². The van der Waals surface area contributed by atoms with Crippen molar-refractivity contribution in [2.45, 2.75) is 34.7 Å². The van der Waals surface area contributed by atoms with Gasteiger partial charge in [-0.2, -0.15) is 9.44 Å². The van der Waals surface area contributed by atoms with E-state index in [1.165, 1.54) is 36.7 Å². The van der Waals surface area contributed by atoms with E-state index in [0.717, 1.165) is 23.6 Å². The van der Waals surface area contributed by atoms with Crippen LogP contribution < -0.4 is 28.4 Å². The number of ether oxygens (including phenoxy) is 4. The van der Waals surface area contributed by atoms with Gasteiger partial charge in [-0.05, 0) is 71.8 Å². The fourth-order valence-corrected chi connectivity index (χ4v) is 10.0. The molecule has 328 valence electrons. The summed E-state index contributed by atoms with van der Waals surface area (Å²) in [5, 5.41) is 2.35. The van der Waals surface area contributed by atoms with Crippen LogP contribution in [-0.2, 0) is 20.0 Å². The van der Waals surface area contributed by atoms with E-state index in [-0.39, 0.29) is 9.79 Å². The predicted octanol–water partition coefficient (Wildman–Crippen LogP) is 9.42. The number of para-hydroxylation sites is 2. The summed E-state index contributed by atoms with van der Waals surface area (Å²) in [7, 11) is -7.96. The molecule has 0 fully saturated rings. The van der Waals surface area contributed by atoms with Crippen LogP contribution in [0.3, 0.4) is 0 Å². The van der Waals surface area contributed by atoms with E-state index in [9.17, 15) is 16.8 Å². The average molecular weight is 942 g/mol. The molecule has 4 aromatic carbocycles. The minimum absolute atomic E-state index is 0.0491. The quantitative estimate of drug-likeness (QED) is 0.133. The summed E-state index contributed by atoms with van der Waals surface area (Å²) in [5.74, 6) is 2.66. The monoisotopic (exact) mass is 940 g/mol. The Balaban J connectivity index is 0.000000162. The lowest BCUT2D eigenvalue weighted by Crippen LogP contribution is -2.29. The molecule has 14 nitrogen and oxygen atoms in total. The highest BCUT2D eigenvalue weighted by atomic mass is 35.5. The van der Waals surface area contributed by atoms with Crippen molar-refractivity contribution in [2.75, 3.05) is 26.4 Å². The van der Waals surface area contributed by atoms with Gasteiger partial charge in [-0.25, -0.2) is 16.8 Å². The van der Waals surface area contributed by atoms with Crippen molar-refractivity contribution in [2.24, 2.45) is 0 Å². The lowest BCUT2D eigenvalue weighted by Gasteiger charge is -2.19. The first-order chi connectivity index (χ1) is 31.0. The molecular formula is C46H38Cl2N4O10S2. The van der Waals surface area contributed by atoms with Gasteiger partial charge in [0.2, 0.25) is 20.0 Å². The van der Waals surface area contributed by atoms with Crippen molar-refractivity contribution >= 4 is 65.2 Å². The van der Waals surface area contributed by atoms with E-state index in [2.05, 4.69) is 19.4 Å². The third-order valence-electron chi connectivity index (χ3n) is 10.3. The number of furan rings is 2. The molecule has 4 aromatic heterocycles. The molecule has 2 N–H and O–H groups in total. The van der Waals surface area contributed by atoms with E-state index < -0.39 is 32.1 Å². The summed E-state index contributed by atoms with van der Waals surface area (Å²) in [5.41, 5.74) is 2.34. The smallest absolute Gasteiger partial charge is 0.241 e. The van der Waals surface area contributed by atoms with Gasteiger partial charge in [-0.3, -0.25) is 9.97 Å². The highest BCUT2D eigenvalue weighted by Gasteiger charge is 2.30. The Bertz CT molecular complexity index is 2920. The van der Waals surface area contributed by atoms with Crippen LogP contribution >= 0.6 is 23.2 Å². The van der Waals surface area contributed by atoms with Gasteiger partial charge in [0, 0.05) is 60.5 Å². The van der Waals surface area contributed by atoms with Crippen LogP contribution in [-0.4, -0.2) is 53.2 Å². The minimum Gasteiger partial charge on any atom is -0.490 e. The number of fused-ring (bicyclic) bond motifs is 4. The average Bonchev–Trinajstić information content (AvgIpc) is 3.76. The van der Waals surface area contributed by atoms with Gasteiger partial charge in [-0.1, -0.05) is 59.6 Å². The lowest BCUT2D eigenvalue weighted by atomic mass is 10.1. The van der Waals surface area contributed by atoms with E-state index in [1.807, 2.05) is 48.5 Å². The normalized spacial score (nSPS) is 14.8. The first-order valence-electron chi connectivity index (χ1n) is 20.0. The summed E-state index contributed by atoms with van der Waals surface area (Å²) in [6, 6.07) is 29.2. The second-order valence-corrected chi connectivity index (χ2v) is 18.8. The van der Waals surface area contributed by atoms with Crippen LogP contribution in [0.5, 0.6) is 23.0 Å². The SMILES string of the molecule is O=S(=O)(N[C@@H](c1cc2ccccc2o1)c1ccncc1Cl)c1ccc2c(c1)OCCCO2.O=S(=O)(N[C@H](c1cc2ccccc2o1)c1ccncc1Cl)c1ccc2c(c1)OCCCO2. The molecule has 0 aliphatic carbocycles. The molecule has 0 saturated heterocycles. The molecule has 2 aliphatic heterocycles. The second-order valence-electron chi connectivity index (χ2n) is 14.6. The summed E-state index contributed by atoms with van der Waals surface area (Å²) in [4.78, 5) is 8.11. The van der Waals surface area contributed by atoms with Gasteiger partial charge < -0.3 is 27.8 Å². The maximum Gasteiger partial charge on any atom is 0.241 e. The van der Waals surface area contributed by atoms with E-state index in [4.69, 9.17) is 51.0 Å². The zero-order valence-electron chi connectivity index (χ0n) is 33.6. The molecule has 0 spiro atoms. The van der Waals surface area contributed by atoms with Gasteiger partial charge in [0.15, 0.2) is 23.0 Å². The Morgan fingerprint density at radius 1 is 0.500 bits per heavy atom. The number of nitrogens with zero attached hydrogens (tertiary/aromatic N) is 2. The van der Waals surface area contributed by atoms with Crippen molar-refractivity contribution in [3.63, 3.8) is 0 Å². The molecule has 0 bridgehead atoms. The van der Waals surface area contributed by atoms with Crippen LogP contribution in [0.4, 0.5) is 0 Å². The first kappa shape index (κ1) is 43.1. The van der Waals surface area contributed by atoms with E-state index in [1.54, 1.807) is 48.8 Å². The number of sulfonamides is 2. The Labute approximate surface area is 378 Å². The van der Waals surface area contributed by atoms with Gasteiger partial charge in [0.25, 0.3) is 0 Å². The molecule has 64 heavy (non-hydrogen) atoms. The molecule has 2 atom stereocenters. The summed E-state index contributed by atoms with van der Waals surface area (Å²) in [6.45, 7) is 1.95. The van der Waals surface area contributed by atoms with Crippen LogP contribution in [0.2, 0.25) is 10.0 Å². The second kappa shape index (κ2) is 18.5. The summed E-state index contributed by atoms with van der Waals surface area (Å²) >= 11 is 12.8. The number of pyridine rings is 2. The maximum atomic E-state index is 13.4. The number of aromatic nitrogens is 2. The number of rotatable bonds is 10. The molecule has 0 radical (unpaired) electrons.